The smallest absolute Gasteiger partial charge is 0.0176 e. The molecule has 1 heteroatoms. The summed E-state index contributed by atoms with van der Waals surface area (Å²) in [5, 5.41) is 0. The summed E-state index contributed by atoms with van der Waals surface area (Å²) in [6, 6.07) is 0. The predicted molar refractivity (Wildman–Crippen MR) is 98.0 cm³/mol. The molecule has 0 aromatic rings. The van der Waals surface area contributed by atoms with Crippen LogP contribution in [0.5, 0.6) is 0 Å². The number of alkyl halides is 1. The molecule has 1 atom stereocenters. The van der Waals surface area contributed by atoms with Crippen molar-refractivity contribution in [2.45, 2.75) is 102 Å². The summed E-state index contributed by atoms with van der Waals surface area (Å²) < 4.78 is 0. The van der Waals surface area contributed by atoms with Crippen molar-refractivity contribution >= 4 is 15.9 Å². The van der Waals surface area contributed by atoms with E-state index in [1.54, 1.807) is 0 Å². The third kappa shape index (κ3) is 5.88. The van der Waals surface area contributed by atoms with Crippen LogP contribution in [0, 0.1) is 23.7 Å². The van der Waals surface area contributed by atoms with Gasteiger partial charge in [0, 0.05) is 4.83 Å². The third-order valence-electron chi connectivity index (χ3n) is 6.32. The van der Waals surface area contributed by atoms with Gasteiger partial charge in [-0.15, -0.1) is 0 Å². The first-order chi connectivity index (χ1) is 10.2. The summed E-state index contributed by atoms with van der Waals surface area (Å²) >= 11 is 4.08. The molecule has 0 spiro atoms. The molecule has 124 valence electrons. The van der Waals surface area contributed by atoms with Crippen LogP contribution in [-0.2, 0) is 0 Å². The molecule has 0 amide bonds. The summed E-state index contributed by atoms with van der Waals surface area (Å²) in [4.78, 5) is 0.813. The van der Waals surface area contributed by atoms with E-state index >= 15 is 0 Å². The standard InChI is InChI=1S/C20H37Br/c1-3-5-16-7-9-18(10-8-16)15-20(21)19-13-11-17(6-4-2)12-14-19/h16-20H,3-15H2,1-2H3. The van der Waals surface area contributed by atoms with Gasteiger partial charge in [0.25, 0.3) is 0 Å². The van der Waals surface area contributed by atoms with Crippen LogP contribution in [0.4, 0.5) is 0 Å². The van der Waals surface area contributed by atoms with Crippen LogP contribution in [0.2, 0.25) is 0 Å². The number of hydrogen-bond acceptors (Lipinski definition) is 0. The lowest BCUT2D eigenvalue weighted by atomic mass is 9.74. The summed E-state index contributed by atoms with van der Waals surface area (Å²) in [6.07, 6.45) is 19.2. The lowest BCUT2D eigenvalue weighted by Gasteiger charge is -2.35. The van der Waals surface area contributed by atoms with Crippen LogP contribution in [0.3, 0.4) is 0 Å². The van der Waals surface area contributed by atoms with Gasteiger partial charge in [-0.2, -0.15) is 0 Å². The average molecular weight is 357 g/mol. The van der Waals surface area contributed by atoms with E-state index in [2.05, 4.69) is 29.8 Å². The lowest BCUT2D eigenvalue weighted by molar-refractivity contribution is 0.216. The second kappa shape index (κ2) is 9.58. The number of hydrogen-bond donors (Lipinski definition) is 0. The number of rotatable bonds is 7. The largest absolute Gasteiger partial charge is 0.0888 e. The zero-order chi connectivity index (χ0) is 15.1. The minimum Gasteiger partial charge on any atom is -0.0888 e. The second-order valence-corrected chi connectivity index (χ2v) is 9.17. The van der Waals surface area contributed by atoms with Crippen LogP contribution in [0.15, 0.2) is 0 Å². The molecule has 2 aliphatic rings. The molecule has 0 N–H and O–H groups in total. The number of halogens is 1. The monoisotopic (exact) mass is 356 g/mol. The molecule has 0 aromatic heterocycles. The molecular weight excluding hydrogens is 320 g/mol. The van der Waals surface area contributed by atoms with Gasteiger partial charge in [0.2, 0.25) is 0 Å². The lowest BCUT2D eigenvalue weighted by Crippen LogP contribution is -2.25. The van der Waals surface area contributed by atoms with Crippen LogP contribution >= 0.6 is 15.9 Å². The summed E-state index contributed by atoms with van der Waals surface area (Å²) in [5.41, 5.74) is 0. The SMILES string of the molecule is CCCC1CCC(CC(Br)C2CCC(CCC)CC2)CC1. The molecule has 0 aliphatic heterocycles. The highest BCUT2D eigenvalue weighted by molar-refractivity contribution is 9.09. The van der Waals surface area contributed by atoms with Crippen molar-refractivity contribution in [1.29, 1.82) is 0 Å². The molecule has 2 saturated carbocycles. The maximum Gasteiger partial charge on any atom is 0.0176 e. The minimum absolute atomic E-state index is 0.813. The van der Waals surface area contributed by atoms with Gasteiger partial charge in [-0.25, -0.2) is 0 Å². The Labute approximate surface area is 142 Å². The normalized spacial score (nSPS) is 35.6. The van der Waals surface area contributed by atoms with Gasteiger partial charge in [0.15, 0.2) is 0 Å². The highest BCUT2D eigenvalue weighted by Gasteiger charge is 2.29. The fourth-order valence-electron chi connectivity index (χ4n) is 4.92. The molecule has 0 aromatic carbocycles. The Morgan fingerprint density at radius 2 is 1.14 bits per heavy atom. The molecule has 21 heavy (non-hydrogen) atoms. The Bertz CT molecular complexity index is 259. The first-order valence-electron chi connectivity index (χ1n) is 9.86. The first kappa shape index (κ1) is 17.8. The van der Waals surface area contributed by atoms with E-state index in [4.69, 9.17) is 0 Å². The van der Waals surface area contributed by atoms with Gasteiger partial charge in [-0.3, -0.25) is 0 Å². The zero-order valence-electron chi connectivity index (χ0n) is 14.5. The Hall–Kier alpha value is 0.480. The van der Waals surface area contributed by atoms with E-state index < -0.39 is 0 Å². The van der Waals surface area contributed by atoms with Crippen molar-refractivity contribution in [2.75, 3.05) is 0 Å². The quantitative estimate of drug-likeness (QED) is 0.418. The van der Waals surface area contributed by atoms with Gasteiger partial charge in [0.1, 0.15) is 0 Å². The molecule has 0 heterocycles. The molecule has 0 radical (unpaired) electrons. The van der Waals surface area contributed by atoms with Crippen LogP contribution in [0.25, 0.3) is 0 Å². The predicted octanol–water partition coefficient (Wildman–Crippen LogP) is 7.35. The average Bonchev–Trinajstić information content (AvgIpc) is 2.50. The molecular formula is C20H37Br. The Balaban J connectivity index is 1.65. The summed E-state index contributed by atoms with van der Waals surface area (Å²) in [6.45, 7) is 4.68. The Morgan fingerprint density at radius 3 is 1.62 bits per heavy atom. The van der Waals surface area contributed by atoms with E-state index in [1.165, 1.54) is 83.5 Å². The third-order valence-corrected chi connectivity index (χ3v) is 7.44. The molecule has 0 bridgehead atoms. The maximum atomic E-state index is 4.08. The fraction of sp³-hybridized carbons (Fsp3) is 1.00. The highest BCUT2D eigenvalue weighted by atomic mass is 79.9. The minimum atomic E-state index is 0.813. The van der Waals surface area contributed by atoms with Crippen LogP contribution in [-0.4, -0.2) is 4.83 Å². The molecule has 1 unspecified atom stereocenters. The van der Waals surface area contributed by atoms with E-state index in [0.29, 0.717) is 0 Å². The van der Waals surface area contributed by atoms with Gasteiger partial charge >= 0.3 is 0 Å². The topological polar surface area (TPSA) is 0 Å². The molecule has 0 saturated heterocycles. The molecule has 2 fully saturated rings. The van der Waals surface area contributed by atoms with Gasteiger partial charge in [-0.1, -0.05) is 94.0 Å². The molecule has 2 aliphatic carbocycles. The van der Waals surface area contributed by atoms with Crippen molar-refractivity contribution in [3.8, 4) is 0 Å². The van der Waals surface area contributed by atoms with E-state index in [0.717, 1.165) is 28.5 Å². The summed E-state index contributed by atoms with van der Waals surface area (Å²) in [7, 11) is 0. The van der Waals surface area contributed by atoms with Gasteiger partial charge in [-0.05, 0) is 42.9 Å². The first-order valence-corrected chi connectivity index (χ1v) is 10.8. The van der Waals surface area contributed by atoms with Crippen molar-refractivity contribution in [1.82, 2.24) is 0 Å². The van der Waals surface area contributed by atoms with Gasteiger partial charge < -0.3 is 0 Å². The maximum absolute atomic E-state index is 4.08. The second-order valence-electron chi connectivity index (χ2n) is 8.00. The van der Waals surface area contributed by atoms with Gasteiger partial charge in [0.05, 0.1) is 0 Å². The Morgan fingerprint density at radius 1 is 0.714 bits per heavy atom. The van der Waals surface area contributed by atoms with E-state index in [-0.39, 0.29) is 0 Å². The van der Waals surface area contributed by atoms with E-state index in [9.17, 15) is 0 Å². The summed E-state index contributed by atoms with van der Waals surface area (Å²) in [5.74, 6) is 4.11. The van der Waals surface area contributed by atoms with Crippen LogP contribution in [0.1, 0.15) is 97.3 Å². The fourth-order valence-corrected chi connectivity index (χ4v) is 5.98. The highest BCUT2D eigenvalue weighted by Crippen LogP contribution is 2.40. The van der Waals surface area contributed by atoms with Crippen LogP contribution < -0.4 is 0 Å². The van der Waals surface area contributed by atoms with E-state index in [1.807, 2.05) is 0 Å². The van der Waals surface area contributed by atoms with Crippen molar-refractivity contribution in [3.63, 3.8) is 0 Å². The molecule has 2 rings (SSSR count). The Kier molecular flexibility index (Phi) is 8.13. The zero-order valence-corrected chi connectivity index (χ0v) is 16.0. The van der Waals surface area contributed by atoms with Crippen molar-refractivity contribution in [2.24, 2.45) is 23.7 Å². The van der Waals surface area contributed by atoms with Crippen molar-refractivity contribution in [3.05, 3.63) is 0 Å². The molecule has 0 nitrogen and oxygen atoms in total. The van der Waals surface area contributed by atoms with Crippen molar-refractivity contribution < 1.29 is 0 Å².